The highest BCUT2D eigenvalue weighted by Crippen LogP contribution is 2.20. The van der Waals surface area contributed by atoms with Crippen LogP contribution in [0, 0.1) is 0 Å². The molecule has 0 radical (unpaired) electrons. The number of anilines is 1. The van der Waals surface area contributed by atoms with Gasteiger partial charge in [0.2, 0.25) is 0 Å². The lowest BCUT2D eigenvalue weighted by atomic mass is 9.99. The molecule has 6 heteroatoms. The summed E-state index contributed by atoms with van der Waals surface area (Å²) in [7, 11) is 0. The van der Waals surface area contributed by atoms with Crippen LogP contribution in [0.4, 0.5) is 5.69 Å². The van der Waals surface area contributed by atoms with Gasteiger partial charge < -0.3 is 15.3 Å². The Hall–Kier alpha value is -1.40. The standard InChI is InChI=1S/C15H19BrN2O3/c16-11-4-3-5-12(10-11)17-14(20)15(21)18-8-2-1-6-13(18)7-9-19/h3-5,10,13,19H,1-2,6-9H2,(H,17,20). The number of hydrogen-bond acceptors (Lipinski definition) is 3. The SMILES string of the molecule is O=C(Nc1cccc(Br)c1)C(=O)N1CCCCC1CCO. The minimum absolute atomic E-state index is 0.0295. The number of rotatable bonds is 3. The predicted molar refractivity (Wildman–Crippen MR) is 83.8 cm³/mol. The fraction of sp³-hybridized carbons (Fsp3) is 0.467. The van der Waals surface area contributed by atoms with Gasteiger partial charge in [-0.3, -0.25) is 9.59 Å². The summed E-state index contributed by atoms with van der Waals surface area (Å²) in [4.78, 5) is 26.0. The molecule has 1 unspecified atom stereocenters. The van der Waals surface area contributed by atoms with E-state index in [0.29, 0.717) is 18.7 Å². The first kappa shape index (κ1) is 16.0. The van der Waals surface area contributed by atoms with Gasteiger partial charge in [-0.2, -0.15) is 0 Å². The Labute approximate surface area is 132 Å². The molecule has 1 aliphatic rings. The number of nitrogens with one attached hydrogen (secondary N) is 1. The summed E-state index contributed by atoms with van der Waals surface area (Å²) in [5.41, 5.74) is 0.582. The first-order chi connectivity index (χ1) is 10.1. The zero-order chi connectivity index (χ0) is 15.2. The fourth-order valence-electron chi connectivity index (χ4n) is 2.60. The normalized spacial score (nSPS) is 18.4. The maximum absolute atomic E-state index is 12.3. The number of piperidine rings is 1. The van der Waals surface area contributed by atoms with Crippen molar-refractivity contribution in [3.8, 4) is 0 Å². The summed E-state index contributed by atoms with van der Waals surface area (Å²) in [5, 5.41) is 11.7. The Kier molecular flexibility index (Phi) is 5.76. The third kappa shape index (κ3) is 4.28. The van der Waals surface area contributed by atoms with Gasteiger partial charge in [0, 0.05) is 29.4 Å². The zero-order valence-electron chi connectivity index (χ0n) is 11.7. The molecular formula is C15H19BrN2O3. The van der Waals surface area contributed by atoms with Crippen molar-refractivity contribution in [3.63, 3.8) is 0 Å². The number of aliphatic hydroxyl groups excluding tert-OH is 1. The molecule has 0 aromatic heterocycles. The van der Waals surface area contributed by atoms with Crippen LogP contribution in [0.2, 0.25) is 0 Å². The summed E-state index contributed by atoms with van der Waals surface area (Å²) in [6.45, 7) is 0.608. The van der Waals surface area contributed by atoms with Gasteiger partial charge in [0.25, 0.3) is 0 Å². The van der Waals surface area contributed by atoms with E-state index in [2.05, 4.69) is 21.2 Å². The van der Waals surface area contributed by atoms with Gasteiger partial charge in [0.15, 0.2) is 0 Å². The smallest absolute Gasteiger partial charge is 0.313 e. The first-order valence-corrected chi connectivity index (χ1v) is 7.89. The lowest BCUT2D eigenvalue weighted by molar-refractivity contribution is -0.146. The van der Waals surface area contributed by atoms with Crippen molar-refractivity contribution in [1.29, 1.82) is 0 Å². The van der Waals surface area contributed by atoms with Crippen molar-refractivity contribution in [3.05, 3.63) is 28.7 Å². The minimum atomic E-state index is -0.627. The lowest BCUT2D eigenvalue weighted by Crippen LogP contribution is -2.48. The van der Waals surface area contributed by atoms with E-state index < -0.39 is 11.8 Å². The quantitative estimate of drug-likeness (QED) is 0.817. The highest BCUT2D eigenvalue weighted by molar-refractivity contribution is 9.10. The third-order valence-corrected chi connectivity index (χ3v) is 4.12. The summed E-state index contributed by atoms with van der Waals surface area (Å²) in [5.74, 6) is -1.15. The topological polar surface area (TPSA) is 69.6 Å². The average Bonchev–Trinajstić information content (AvgIpc) is 2.47. The van der Waals surface area contributed by atoms with Gasteiger partial charge in [-0.05, 0) is 43.9 Å². The number of halogens is 1. The van der Waals surface area contributed by atoms with E-state index in [-0.39, 0.29) is 12.6 Å². The average molecular weight is 355 g/mol. The number of nitrogens with zero attached hydrogens (tertiary/aromatic N) is 1. The van der Waals surface area contributed by atoms with Crippen LogP contribution in [0.3, 0.4) is 0 Å². The van der Waals surface area contributed by atoms with Crippen LogP contribution in [0.15, 0.2) is 28.7 Å². The van der Waals surface area contributed by atoms with E-state index in [1.807, 2.05) is 6.07 Å². The van der Waals surface area contributed by atoms with Crippen molar-refractivity contribution in [2.75, 3.05) is 18.5 Å². The van der Waals surface area contributed by atoms with Crippen molar-refractivity contribution < 1.29 is 14.7 Å². The molecule has 114 valence electrons. The first-order valence-electron chi connectivity index (χ1n) is 7.10. The molecule has 2 rings (SSSR count). The van der Waals surface area contributed by atoms with Gasteiger partial charge in [-0.15, -0.1) is 0 Å². The molecule has 2 N–H and O–H groups in total. The highest BCUT2D eigenvalue weighted by atomic mass is 79.9. The van der Waals surface area contributed by atoms with Crippen LogP contribution in [0.25, 0.3) is 0 Å². The van der Waals surface area contributed by atoms with Gasteiger partial charge in [-0.25, -0.2) is 0 Å². The zero-order valence-corrected chi connectivity index (χ0v) is 13.3. The van der Waals surface area contributed by atoms with Gasteiger partial charge >= 0.3 is 11.8 Å². The van der Waals surface area contributed by atoms with Crippen LogP contribution in [0.5, 0.6) is 0 Å². The Balaban J connectivity index is 2.02. The van der Waals surface area contributed by atoms with E-state index in [1.54, 1.807) is 23.1 Å². The molecule has 1 aliphatic heterocycles. The van der Waals surface area contributed by atoms with E-state index >= 15 is 0 Å². The molecular weight excluding hydrogens is 336 g/mol. The van der Waals surface area contributed by atoms with Crippen LogP contribution < -0.4 is 5.32 Å². The van der Waals surface area contributed by atoms with Crippen molar-refractivity contribution in [2.45, 2.75) is 31.7 Å². The lowest BCUT2D eigenvalue weighted by Gasteiger charge is -2.35. The Morgan fingerprint density at radius 2 is 2.19 bits per heavy atom. The molecule has 0 saturated carbocycles. The number of carbonyl (C=O) groups is 2. The number of carbonyl (C=O) groups excluding carboxylic acids is 2. The van der Waals surface area contributed by atoms with Gasteiger partial charge in [0.1, 0.15) is 0 Å². The van der Waals surface area contributed by atoms with Crippen LogP contribution in [-0.4, -0.2) is 41.0 Å². The van der Waals surface area contributed by atoms with Gasteiger partial charge in [0.05, 0.1) is 0 Å². The molecule has 1 aromatic rings. The second-order valence-corrected chi connectivity index (χ2v) is 6.04. The number of likely N-dealkylation sites (tertiary alicyclic amines) is 1. The Morgan fingerprint density at radius 1 is 1.38 bits per heavy atom. The molecule has 5 nitrogen and oxygen atoms in total. The molecule has 1 atom stereocenters. The number of amides is 2. The number of hydrogen-bond donors (Lipinski definition) is 2. The molecule has 0 bridgehead atoms. The highest BCUT2D eigenvalue weighted by Gasteiger charge is 2.30. The molecule has 0 spiro atoms. The van der Waals surface area contributed by atoms with Crippen LogP contribution in [0.1, 0.15) is 25.7 Å². The maximum Gasteiger partial charge on any atom is 0.313 e. The van der Waals surface area contributed by atoms with Crippen molar-refractivity contribution in [2.24, 2.45) is 0 Å². The minimum Gasteiger partial charge on any atom is -0.396 e. The number of benzene rings is 1. The van der Waals surface area contributed by atoms with E-state index in [0.717, 1.165) is 23.7 Å². The maximum atomic E-state index is 12.3. The summed E-state index contributed by atoms with van der Waals surface area (Å²) in [6.07, 6.45) is 3.30. The predicted octanol–water partition coefficient (Wildman–Crippen LogP) is 2.15. The van der Waals surface area contributed by atoms with Gasteiger partial charge in [-0.1, -0.05) is 22.0 Å². The van der Waals surface area contributed by atoms with Crippen molar-refractivity contribution in [1.82, 2.24) is 4.90 Å². The van der Waals surface area contributed by atoms with Crippen LogP contribution in [-0.2, 0) is 9.59 Å². The monoisotopic (exact) mass is 354 g/mol. The van der Waals surface area contributed by atoms with Crippen molar-refractivity contribution >= 4 is 33.4 Å². The second-order valence-electron chi connectivity index (χ2n) is 5.12. The molecule has 21 heavy (non-hydrogen) atoms. The summed E-state index contributed by atoms with van der Waals surface area (Å²) < 4.78 is 0.837. The van der Waals surface area contributed by atoms with E-state index in [4.69, 9.17) is 5.11 Å². The molecule has 1 saturated heterocycles. The summed E-state index contributed by atoms with van der Waals surface area (Å²) >= 11 is 3.32. The number of aliphatic hydroxyl groups is 1. The summed E-state index contributed by atoms with van der Waals surface area (Å²) in [6, 6.07) is 7.08. The molecule has 0 aliphatic carbocycles. The van der Waals surface area contributed by atoms with E-state index in [1.165, 1.54) is 0 Å². The van der Waals surface area contributed by atoms with Crippen LogP contribution >= 0.6 is 15.9 Å². The molecule has 1 fully saturated rings. The third-order valence-electron chi connectivity index (χ3n) is 3.63. The van der Waals surface area contributed by atoms with E-state index in [9.17, 15) is 9.59 Å². The largest absolute Gasteiger partial charge is 0.396 e. The molecule has 2 amide bonds. The molecule has 1 aromatic carbocycles. The Bertz CT molecular complexity index is 519. The fourth-order valence-corrected chi connectivity index (χ4v) is 3.00. The molecule has 1 heterocycles. The Morgan fingerprint density at radius 3 is 2.90 bits per heavy atom. The second kappa shape index (κ2) is 7.56.